The molecule has 0 spiro atoms. The summed E-state index contributed by atoms with van der Waals surface area (Å²) in [5, 5.41) is 3.04. The van der Waals surface area contributed by atoms with E-state index in [1.807, 2.05) is 6.07 Å². The highest BCUT2D eigenvalue weighted by Crippen LogP contribution is 2.29. The molecule has 5 heteroatoms. The lowest BCUT2D eigenvalue weighted by Gasteiger charge is -2.31. The van der Waals surface area contributed by atoms with Gasteiger partial charge in [-0.2, -0.15) is 0 Å². The van der Waals surface area contributed by atoms with Crippen LogP contribution >= 0.6 is 11.3 Å². The van der Waals surface area contributed by atoms with Gasteiger partial charge in [-0.25, -0.2) is 15.0 Å². The van der Waals surface area contributed by atoms with Crippen molar-refractivity contribution in [2.45, 2.75) is 25.3 Å². The summed E-state index contributed by atoms with van der Waals surface area (Å²) in [6.07, 6.45) is 5.97. The third-order valence-electron chi connectivity index (χ3n) is 4.55. The van der Waals surface area contributed by atoms with Crippen molar-refractivity contribution in [1.82, 2.24) is 19.9 Å². The molecular formula is C19H20N4S. The van der Waals surface area contributed by atoms with Gasteiger partial charge in [0.15, 0.2) is 10.8 Å². The van der Waals surface area contributed by atoms with E-state index in [0.717, 1.165) is 36.2 Å². The SMILES string of the molecule is c1ccc(C2CCN(Cc3csc(-c4ncccn4)n3)CC2)cc1. The molecule has 0 N–H and O–H groups in total. The second-order valence-electron chi connectivity index (χ2n) is 6.18. The Kier molecular flexibility index (Phi) is 4.62. The summed E-state index contributed by atoms with van der Waals surface area (Å²) in [6, 6.07) is 12.7. The number of thiazole rings is 1. The molecule has 0 saturated carbocycles. The Bertz CT molecular complexity index is 764. The van der Waals surface area contributed by atoms with E-state index in [1.165, 1.54) is 18.4 Å². The maximum Gasteiger partial charge on any atom is 0.188 e. The first-order valence-corrected chi connectivity index (χ1v) is 9.25. The van der Waals surface area contributed by atoms with Gasteiger partial charge in [0, 0.05) is 24.3 Å². The zero-order chi connectivity index (χ0) is 16.2. The number of hydrogen-bond acceptors (Lipinski definition) is 5. The summed E-state index contributed by atoms with van der Waals surface area (Å²) < 4.78 is 0. The molecule has 0 amide bonds. The molecular weight excluding hydrogens is 316 g/mol. The molecule has 1 aliphatic rings. The van der Waals surface area contributed by atoms with Gasteiger partial charge in [-0.3, -0.25) is 4.90 Å². The number of rotatable bonds is 4. The predicted molar refractivity (Wildman–Crippen MR) is 96.8 cm³/mol. The second-order valence-corrected chi connectivity index (χ2v) is 7.04. The molecule has 2 aromatic heterocycles. The van der Waals surface area contributed by atoms with Crippen LogP contribution in [0.25, 0.3) is 10.8 Å². The summed E-state index contributed by atoms with van der Waals surface area (Å²) in [6.45, 7) is 3.19. The zero-order valence-corrected chi connectivity index (χ0v) is 14.3. The van der Waals surface area contributed by atoms with E-state index in [4.69, 9.17) is 4.98 Å². The van der Waals surface area contributed by atoms with Crippen molar-refractivity contribution >= 4 is 11.3 Å². The monoisotopic (exact) mass is 336 g/mol. The molecule has 0 atom stereocenters. The fourth-order valence-corrected chi connectivity index (χ4v) is 4.03. The Balaban J connectivity index is 1.35. The average Bonchev–Trinajstić information content (AvgIpc) is 3.12. The summed E-state index contributed by atoms with van der Waals surface area (Å²) in [5.41, 5.74) is 2.61. The fourth-order valence-electron chi connectivity index (χ4n) is 3.27. The third kappa shape index (κ3) is 3.52. The standard InChI is InChI=1S/C19H20N4S/c1-2-5-15(6-3-1)16-7-11-23(12-8-16)13-17-14-24-19(22-17)18-20-9-4-10-21-18/h1-6,9-10,14,16H,7-8,11-13H2. The van der Waals surface area contributed by atoms with Crippen LogP contribution in [0.5, 0.6) is 0 Å². The zero-order valence-electron chi connectivity index (χ0n) is 13.5. The Morgan fingerprint density at radius 3 is 2.50 bits per heavy atom. The van der Waals surface area contributed by atoms with Crippen molar-refractivity contribution in [2.75, 3.05) is 13.1 Å². The lowest BCUT2D eigenvalue weighted by atomic mass is 9.89. The van der Waals surface area contributed by atoms with Crippen LogP contribution in [-0.2, 0) is 6.54 Å². The van der Waals surface area contributed by atoms with Crippen LogP contribution in [0.3, 0.4) is 0 Å². The van der Waals surface area contributed by atoms with E-state index in [2.05, 4.69) is 50.6 Å². The molecule has 1 aromatic carbocycles. The van der Waals surface area contributed by atoms with Gasteiger partial charge in [0.05, 0.1) is 5.69 Å². The summed E-state index contributed by atoms with van der Waals surface area (Å²) >= 11 is 1.63. The van der Waals surface area contributed by atoms with Crippen molar-refractivity contribution < 1.29 is 0 Å². The van der Waals surface area contributed by atoms with Gasteiger partial charge >= 0.3 is 0 Å². The third-order valence-corrected chi connectivity index (χ3v) is 5.44. The van der Waals surface area contributed by atoms with Gasteiger partial charge in [0.25, 0.3) is 0 Å². The highest BCUT2D eigenvalue weighted by Gasteiger charge is 2.21. The van der Waals surface area contributed by atoms with Crippen LogP contribution in [0.1, 0.15) is 30.0 Å². The molecule has 0 aliphatic carbocycles. The van der Waals surface area contributed by atoms with Crippen molar-refractivity contribution in [3.8, 4) is 10.8 Å². The number of nitrogens with zero attached hydrogens (tertiary/aromatic N) is 4. The number of benzene rings is 1. The molecule has 3 heterocycles. The fraction of sp³-hybridized carbons (Fsp3) is 0.316. The highest BCUT2D eigenvalue weighted by molar-refractivity contribution is 7.13. The Hall–Kier alpha value is -2.11. The molecule has 0 radical (unpaired) electrons. The van der Waals surface area contributed by atoms with E-state index in [-0.39, 0.29) is 0 Å². The minimum Gasteiger partial charge on any atom is -0.297 e. The minimum absolute atomic E-state index is 0.700. The lowest BCUT2D eigenvalue weighted by Crippen LogP contribution is -2.32. The summed E-state index contributed by atoms with van der Waals surface area (Å²) in [7, 11) is 0. The van der Waals surface area contributed by atoms with Gasteiger partial charge in [0.1, 0.15) is 0 Å². The first-order valence-electron chi connectivity index (χ1n) is 8.37. The first-order chi connectivity index (χ1) is 11.9. The normalized spacial score (nSPS) is 16.3. The molecule has 3 aromatic rings. The summed E-state index contributed by atoms with van der Waals surface area (Å²) in [4.78, 5) is 15.8. The van der Waals surface area contributed by atoms with E-state index >= 15 is 0 Å². The largest absolute Gasteiger partial charge is 0.297 e. The van der Waals surface area contributed by atoms with Crippen molar-refractivity contribution in [3.63, 3.8) is 0 Å². The Labute approximate surface area is 146 Å². The van der Waals surface area contributed by atoms with Gasteiger partial charge in [-0.05, 0) is 43.5 Å². The lowest BCUT2D eigenvalue weighted by molar-refractivity contribution is 0.203. The number of likely N-dealkylation sites (tertiary alicyclic amines) is 1. The van der Waals surface area contributed by atoms with Gasteiger partial charge in [0.2, 0.25) is 0 Å². The molecule has 24 heavy (non-hydrogen) atoms. The minimum atomic E-state index is 0.700. The molecule has 1 saturated heterocycles. The van der Waals surface area contributed by atoms with Crippen LogP contribution in [0.15, 0.2) is 54.2 Å². The van der Waals surface area contributed by atoms with Gasteiger partial charge in [-0.15, -0.1) is 11.3 Å². The molecule has 1 aliphatic heterocycles. The number of piperidine rings is 1. The second kappa shape index (κ2) is 7.20. The Morgan fingerprint density at radius 2 is 1.75 bits per heavy atom. The quantitative estimate of drug-likeness (QED) is 0.723. The van der Waals surface area contributed by atoms with Gasteiger partial charge < -0.3 is 0 Å². The van der Waals surface area contributed by atoms with E-state index in [1.54, 1.807) is 23.7 Å². The highest BCUT2D eigenvalue weighted by atomic mass is 32.1. The number of aromatic nitrogens is 3. The first kappa shape index (κ1) is 15.4. The molecule has 4 rings (SSSR count). The van der Waals surface area contributed by atoms with Gasteiger partial charge in [-0.1, -0.05) is 30.3 Å². The van der Waals surface area contributed by atoms with Crippen LogP contribution < -0.4 is 0 Å². The van der Waals surface area contributed by atoms with Crippen LogP contribution in [-0.4, -0.2) is 32.9 Å². The molecule has 0 bridgehead atoms. The maximum atomic E-state index is 4.70. The van der Waals surface area contributed by atoms with E-state index in [0.29, 0.717) is 5.92 Å². The smallest absolute Gasteiger partial charge is 0.188 e. The molecule has 0 unspecified atom stereocenters. The molecule has 122 valence electrons. The summed E-state index contributed by atoms with van der Waals surface area (Å²) in [5.74, 6) is 1.42. The van der Waals surface area contributed by atoms with Crippen molar-refractivity contribution in [3.05, 3.63) is 65.4 Å². The molecule has 4 nitrogen and oxygen atoms in total. The van der Waals surface area contributed by atoms with Crippen LogP contribution in [0, 0.1) is 0 Å². The van der Waals surface area contributed by atoms with E-state index in [9.17, 15) is 0 Å². The van der Waals surface area contributed by atoms with E-state index < -0.39 is 0 Å². The van der Waals surface area contributed by atoms with Crippen LogP contribution in [0.2, 0.25) is 0 Å². The number of hydrogen-bond donors (Lipinski definition) is 0. The van der Waals surface area contributed by atoms with Crippen LogP contribution in [0.4, 0.5) is 0 Å². The average molecular weight is 336 g/mol. The Morgan fingerprint density at radius 1 is 1.00 bits per heavy atom. The topological polar surface area (TPSA) is 41.9 Å². The van der Waals surface area contributed by atoms with Crippen molar-refractivity contribution in [2.24, 2.45) is 0 Å². The molecule has 1 fully saturated rings. The maximum absolute atomic E-state index is 4.70. The van der Waals surface area contributed by atoms with Crippen molar-refractivity contribution in [1.29, 1.82) is 0 Å². The predicted octanol–water partition coefficient (Wildman–Crippen LogP) is 3.98.